The van der Waals surface area contributed by atoms with Crippen LogP contribution < -0.4 is 9.64 Å². The summed E-state index contributed by atoms with van der Waals surface area (Å²) >= 11 is 0. The van der Waals surface area contributed by atoms with E-state index in [1.807, 2.05) is 13.8 Å². The molecule has 0 radical (unpaired) electrons. The van der Waals surface area contributed by atoms with E-state index in [4.69, 9.17) is 9.47 Å². The number of non-ortho nitro benzene ring substituents is 1. The lowest BCUT2D eigenvalue weighted by atomic mass is 10.1. The fourth-order valence-corrected chi connectivity index (χ4v) is 2.43. The number of anilines is 1. The number of hydrogen-bond acceptors (Lipinski definition) is 6. The third-order valence-electron chi connectivity index (χ3n) is 3.87. The number of rotatable bonds is 7. The normalized spacial score (nSPS) is 16.4. The average Bonchev–Trinajstić information content (AvgIpc) is 2.56. The van der Waals surface area contributed by atoms with Gasteiger partial charge in [0.05, 0.1) is 17.2 Å². The van der Waals surface area contributed by atoms with Gasteiger partial charge in [-0.25, -0.2) is 0 Å². The minimum absolute atomic E-state index is 0.178. The van der Waals surface area contributed by atoms with Crippen molar-refractivity contribution in [1.29, 1.82) is 0 Å². The Labute approximate surface area is 145 Å². The van der Waals surface area contributed by atoms with E-state index in [-0.39, 0.29) is 24.5 Å². The number of nitrogens with zero attached hydrogens (tertiary/aromatic N) is 2. The second-order valence-corrected chi connectivity index (χ2v) is 6.25. The maximum absolute atomic E-state index is 12.5. The molecular formula is C17H22N2O6. The number of esters is 1. The Morgan fingerprint density at radius 2 is 2.16 bits per heavy atom. The Morgan fingerprint density at radius 3 is 2.76 bits per heavy atom. The molecule has 0 saturated heterocycles. The van der Waals surface area contributed by atoms with Crippen molar-refractivity contribution in [2.75, 3.05) is 18.1 Å². The Hall–Kier alpha value is -2.64. The lowest BCUT2D eigenvalue weighted by Crippen LogP contribution is -2.48. The fraction of sp³-hybridized carbons (Fsp3) is 0.529. The minimum Gasteiger partial charge on any atom is -0.478 e. The number of ether oxygens (including phenoxy) is 2. The van der Waals surface area contributed by atoms with Crippen molar-refractivity contribution in [3.05, 3.63) is 28.3 Å². The van der Waals surface area contributed by atoms with Gasteiger partial charge in [0.15, 0.2) is 6.10 Å². The second-order valence-electron chi connectivity index (χ2n) is 6.25. The first-order valence-electron chi connectivity index (χ1n) is 8.25. The van der Waals surface area contributed by atoms with Crippen LogP contribution in [-0.2, 0) is 14.3 Å². The third-order valence-corrected chi connectivity index (χ3v) is 3.87. The van der Waals surface area contributed by atoms with Crippen LogP contribution in [0, 0.1) is 16.0 Å². The maximum atomic E-state index is 12.5. The van der Waals surface area contributed by atoms with Crippen LogP contribution in [0.3, 0.4) is 0 Å². The molecule has 1 aliphatic heterocycles. The molecule has 0 fully saturated rings. The highest BCUT2D eigenvalue weighted by Gasteiger charge is 2.35. The smallest absolute Gasteiger partial charge is 0.326 e. The van der Waals surface area contributed by atoms with Gasteiger partial charge in [-0.05, 0) is 24.8 Å². The molecule has 0 N–H and O–H groups in total. The van der Waals surface area contributed by atoms with E-state index in [0.717, 1.165) is 6.42 Å². The molecule has 0 aromatic heterocycles. The van der Waals surface area contributed by atoms with Crippen molar-refractivity contribution in [2.24, 2.45) is 5.92 Å². The van der Waals surface area contributed by atoms with Crippen LogP contribution in [0.4, 0.5) is 11.4 Å². The molecule has 25 heavy (non-hydrogen) atoms. The van der Waals surface area contributed by atoms with Crippen molar-refractivity contribution in [3.8, 4) is 5.75 Å². The second kappa shape index (κ2) is 7.96. The molecule has 8 nitrogen and oxygen atoms in total. The predicted octanol–water partition coefficient (Wildman–Crippen LogP) is 2.69. The number of amides is 1. The summed E-state index contributed by atoms with van der Waals surface area (Å²) in [7, 11) is 0. The Bertz CT molecular complexity index is 673. The largest absolute Gasteiger partial charge is 0.478 e. The first kappa shape index (κ1) is 18.7. The van der Waals surface area contributed by atoms with Gasteiger partial charge in [0.1, 0.15) is 12.3 Å². The van der Waals surface area contributed by atoms with Gasteiger partial charge in [-0.15, -0.1) is 0 Å². The molecule has 0 spiro atoms. The summed E-state index contributed by atoms with van der Waals surface area (Å²) in [4.78, 5) is 36.3. The molecule has 1 amide bonds. The van der Waals surface area contributed by atoms with Crippen molar-refractivity contribution in [3.63, 3.8) is 0 Å². The average molecular weight is 350 g/mol. The summed E-state index contributed by atoms with van der Waals surface area (Å²) in [5.74, 6) is -0.225. The third kappa shape index (κ3) is 4.46. The molecule has 1 unspecified atom stereocenters. The van der Waals surface area contributed by atoms with Gasteiger partial charge < -0.3 is 9.47 Å². The lowest BCUT2D eigenvalue weighted by molar-refractivity contribution is -0.384. The molecule has 1 aromatic carbocycles. The molecule has 8 heteroatoms. The lowest BCUT2D eigenvalue weighted by Gasteiger charge is -2.33. The Kier molecular flexibility index (Phi) is 5.95. The van der Waals surface area contributed by atoms with Crippen molar-refractivity contribution in [2.45, 2.75) is 39.7 Å². The Balaban J connectivity index is 2.22. The molecule has 2 rings (SSSR count). The number of hydrogen-bond donors (Lipinski definition) is 0. The van der Waals surface area contributed by atoms with Crippen LogP contribution in [-0.4, -0.2) is 36.1 Å². The zero-order valence-electron chi connectivity index (χ0n) is 14.6. The quantitative estimate of drug-likeness (QED) is 0.426. The van der Waals surface area contributed by atoms with E-state index in [2.05, 4.69) is 0 Å². The first-order valence-corrected chi connectivity index (χ1v) is 8.25. The number of nitro benzene ring substituents is 1. The van der Waals surface area contributed by atoms with Crippen molar-refractivity contribution >= 4 is 23.3 Å². The molecule has 1 aromatic rings. The highest BCUT2D eigenvalue weighted by Crippen LogP contribution is 2.37. The van der Waals surface area contributed by atoms with Gasteiger partial charge in [-0.2, -0.15) is 0 Å². The van der Waals surface area contributed by atoms with Crippen LogP contribution >= 0.6 is 0 Å². The molecule has 1 atom stereocenters. The SMILES string of the molecule is CCC1Oc2ccc([N+](=O)[O-])cc2N(CC(=O)OCCC(C)C)C1=O. The molecule has 1 heterocycles. The van der Waals surface area contributed by atoms with E-state index in [1.165, 1.54) is 23.1 Å². The number of fused-ring (bicyclic) bond motifs is 1. The van der Waals surface area contributed by atoms with E-state index in [1.54, 1.807) is 6.92 Å². The highest BCUT2D eigenvalue weighted by molar-refractivity contribution is 6.03. The molecule has 0 aliphatic carbocycles. The van der Waals surface area contributed by atoms with Gasteiger partial charge in [-0.3, -0.25) is 24.6 Å². The molecule has 0 saturated carbocycles. The molecule has 136 valence electrons. The molecule has 0 bridgehead atoms. The summed E-state index contributed by atoms with van der Waals surface area (Å²) in [6.45, 7) is 5.79. The van der Waals surface area contributed by atoms with Crippen LogP contribution in [0.15, 0.2) is 18.2 Å². The maximum Gasteiger partial charge on any atom is 0.326 e. The zero-order chi connectivity index (χ0) is 18.6. The van der Waals surface area contributed by atoms with E-state index < -0.39 is 22.9 Å². The van der Waals surface area contributed by atoms with E-state index >= 15 is 0 Å². The van der Waals surface area contributed by atoms with Crippen molar-refractivity contribution in [1.82, 2.24) is 0 Å². The predicted molar refractivity (Wildman–Crippen MR) is 90.6 cm³/mol. The van der Waals surface area contributed by atoms with Gasteiger partial charge in [0.2, 0.25) is 0 Å². The Morgan fingerprint density at radius 1 is 1.44 bits per heavy atom. The van der Waals surface area contributed by atoms with Crippen molar-refractivity contribution < 1.29 is 24.0 Å². The highest BCUT2D eigenvalue weighted by atomic mass is 16.6. The summed E-state index contributed by atoms with van der Waals surface area (Å²) < 4.78 is 10.7. The summed E-state index contributed by atoms with van der Waals surface area (Å²) in [5, 5.41) is 11.0. The fourth-order valence-electron chi connectivity index (χ4n) is 2.43. The number of benzene rings is 1. The van der Waals surface area contributed by atoms with Gasteiger partial charge >= 0.3 is 5.97 Å². The zero-order valence-corrected chi connectivity index (χ0v) is 14.6. The van der Waals surface area contributed by atoms with Crippen LogP contribution in [0.1, 0.15) is 33.6 Å². The molecular weight excluding hydrogens is 328 g/mol. The number of carbonyl (C=O) groups excluding carboxylic acids is 2. The summed E-state index contributed by atoms with van der Waals surface area (Å²) in [5.41, 5.74) is 0.0352. The van der Waals surface area contributed by atoms with Gasteiger partial charge in [-0.1, -0.05) is 20.8 Å². The van der Waals surface area contributed by atoms with E-state index in [9.17, 15) is 19.7 Å². The van der Waals surface area contributed by atoms with E-state index in [0.29, 0.717) is 18.1 Å². The molecule has 1 aliphatic rings. The number of nitro groups is 1. The van der Waals surface area contributed by atoms with Crippen LogP contribution in [0.5, 0.6) is 5.75 Å². The van der Waals surface area contributed by atoms with Crippen LogP contribution in [0.25, 0.3) is 0 Å². The minimum atomic E-state index is -0.725. The monoisotopic (exact) mass is 350 g/mol. The summed E-state index contributed by atoms with van der Waals surface area (Å²) in [6, 6.07) is 3.99. The topological polar surface area (TPSA) is 99.0 Å². The first-order chi connectivity index (χ1) is 11.8. The summed E-state index contributed by atoms with van der Waals surface area (Å²) in [6.07, 6.45) is 0.425. The van der Waals surface area contributed by atoms with Crippen LogP contribution in [0.2, 0.25) is 0 Å². The van der Waals surface area contributed by atoms with Gasteiger partial charge in [0.25, 0.3) is 11.6 Å². The number of carbonyl (C=O) groups is 2. The van der Waals surface area contributed by atoms with Gasteiger partial charge in [0, 0.05) is 12.1 Å². The standard InChI is InChI=1S/C17H22N2O6/c1-4-14-17(21)18(10-16(20)24-8-7-11(2)3)13-9-12(19(22)23)5-6-15(13)25-14/h5-6,9,11,14H,4,7-8,10H2,1-3H3.